The highest BCUT2D eigenvalue weighted by Gasteiger charge is 2.13. The van der Waals surface area contributed by atoms with Crippen molar-refractivity contribution in [2.75, 3.05) is 0 Å². The number of para-hydroxylation sites is 1. The molecule has 0 amide bonds. The molecule has 2 heterocycles. The first kappa shape index (κ1) is 18.1. The molecule has 0 aliphatic carbocycles. The van der Waals surface area contributed by atoms with E-state index in [4.69, 9.17) is 4.42 Å². The molecule has 2 aromatic heterocycles. The molecule has 29 heavy (non-hydrogen) atoms. The minimum Gasteiger partial charge on any atom is -0.456 e. The molecule has 0 spiro atoms. The van der Waals surface area contributed by atoms with Crippen molar-refractivity contribution in [1.82, 2.24) is 4.98 Å². The van der Waals surface area contributed by atoms with Gasteiger partial charge in [0.1, 0.15) is 11.2 Å². The lowest BCUT2D eigenvalue weighted by molar-refractivity contribution is 0.425. The quantitative estimate of drug-likeness (QED) is 0.394. The number of halogens is 1. The number of pyridine rings is 1. The number of benzene rings is 3. The molecule has 5 aromatic rings. The zero-order valence-corrected chi connectivity index (χ0v) is 16.8. The Hall–Kier alpha value is -2.93. The Morgan fingerprint density at radius 1 is 0.759 bits per heavy atom. The molecule has 0 saturated carbocycles. The van der Waals surface area contributed by atoms with E-state index >= 15 is 0 Å². The number of hydrogen-bond acceptors (Lipinski definition) is 4. The van der Waals surface area contributed by atoms with Crippen LogP contribution in [0, 0.1) is 0 Å². The smallest absolute Gasteiger partial charge is 0.456 e. The first-order valence-corrected chi connectivity index (χ1v) is 9.92. The van der Waals surface area contributed by atoms with Gasteiger partial charge in [0.05, 0.1) is 5.69 Å². The topological polar surface area (TPSA) is 66.5 Å². The van der Waals surface area contributed by atoms with Crippen LogP contribution in [0.25, 0.3) is 44.3 Å². The Labute approximate surface area is 175 Å². The standard InChI is InChI=1S/C23H15BBrNO3/c25-18-10-15(9-16(11-18)21-7-6-17(13-26-21)24(27)28)14-5-8-23-20(12-14)19-3-1-2-4-22(19)29-23/h1-13,27-28H. The molecule has 3 aromatic carbocycles. The van der Waals surface area contributed by atoms with E-state index in [0.717, 1.165) is 48.8 Å². The van der Waals surface area contributed by atoms with E-state index in [1.54, 1.807) is 12.1 Å². The lowest BCUT2D eigenvalue weighted by atomic mass is 9.81. The summed E-state index contributed by atoms with van der Waals surface area (Å²) < 4.78 is 6.87. The average Bonchev–Trinajstić information content (AvgIpc) is 3.11. The Morgan fingerprint density at radius 3 is 2.34 bits per heavy atom. The number of fused-ring (bicyclic) bond motifs is 3. The summed E-state index contributed by atoms with van der Waals surface area (Å²) in [4.78, 5) is 4.37. The van der Waals surface area contributed by atoms with Crippen molar-refractivity contribution >= 4 is 50.4 Å². The fourth-order valence-electron chi connectivity index (χ4n) is 3.54. The molecule has 5 rings (SSSR count). The van der Waals surface area contributed by atoms with Crippen LogP contribution in [-0.4, -0.2) is 22.2 Å². The van der Waals surface area contributed by atoms with Gasteiger partial charge in [-0.15, -0.1) is 0 Å². The number of hydrogen-bond donors (Lipinski definition) is 2. The Bertz CT molecular complexity index is 1350. The Balaban J connectivity index is 1.62. The fraction of sp³-hybridized carbons (Fsp3) is 0. The third-order valence-corrected chi connectivity index (χ3v) is 5.45. The number of aromatic nitrogens is 1. The van der Waals surface area contributed by atoms with Crippen LogP contribution in [0.2, 0.25) is 0 Å². The molecular weight excluding hydrogens is 429 g/mol. The van der Waals surface area contributed by atoms with E-state index in [0.29, 0.717) is 5.46 Å². The van der Waals surface area contributed by atoms with Crippen LogP contribution in [-0.2, 0) is 0 Å². The first-order chi connectivity index (χ1) is 14.1. The summed E-state index contributed by atoms with van der Waals surface area (Å²) in [6.45, 7) is 0. The molecule has 6 heteroatoms. The molecule has 0 bridgehead atoms. The van der Waals surface area contributed by atoms with Gasteiger partial charge in [-0.2, -0.15) is 0 Å². The van der Waals surface area contributed by atoms with Crippen LogP contribution in [0.4, 0.5) is 0 Å². The van der Waals surface area contributed by atoms with Crippen LogP contribution in [0.1, 0.15) is 0 Å². The molecule has 0 aliphatic rings. The van der Waals surface area contributed by atoms with Gasteiger partial charge >= 0.3 is 7.12 Å². The van der Waals surface area contributed by atoms with Crippen LogP contribution in [0.3, 0.4) is 0 Å². The van der Waals surface area contributed by atoms with Crippen molar-refractivity contribution in [3.63, 3.8) is 0 Å². The number of furan rings is 1. The number of rotatable bonds is 3. The molecule has 0 aliphatic heterocycles. The van der Waals surface area contributed by atoms with Crippen LogP contribution in [0.5, 0.6) is 0 Å². The highest BCUT2D eigenvalue weighted by Crippen LogP contribution is 2.34. The summed E-state index contributed by atoms with van der Waals surface area (Å²) in [5, 5.41) is 20.7. The molecule has 4 nitrogen and oxygen atoms in total. The van der Waals surface area contributed by atoms with Gasteiger partial charge in [0.15, 0.2) is 0 Å². The third-order valence-electron chi connectivity index (χ3n) is 4.99. The second kappa shape index (κ2) is 7.15. The van der Waals surface area contributed by atoms with Crippen LogP contribution >= 0.6 is 15.9 Å². The van der Waals surface area contributed by atoms with E-state index in [2.05, 4.69) is 51.2 Å². The molecule has 0 atom stereocenters. The van der Waals surface area contributed by atoms with Crippen molar-refractivity contribution in [2.24, 2.45) is 0 Å². The highest BCUT2D eigenvalue weighted by atomic mass is 79.9. The summed E-state index contributed by atoms with van der Waals surface area (Å²) in [7, 11) is -1.52. The van der Waals surface area contributed by atoms with E-state index in [1.807, 2.05) is 30.3 Å². The van der Waals surface area contributed by atoms with Crippen molar-refractivity contribution in [2.45, 2.75) is 0 Å². The summed E-state index contributed by atoms with van der Waals surface area (Å²) in [5.74, 6) is 0. The van der Waals surface area contributed by atoms with Crippen LogP contribution < -0.4 is 5.46 Å². The van der Waals surface area contributed by atoms with Gasteiger partial charge < -0.3 is 14.5 Å². The maximum atomic E-state index is 9.27. The second-order valence-electron chi connectivity index (χ2n) is 6.89. The molecule has 2 N–H and O–H groups in total. The summed E-state index contributed by atoms with van der Waals surface area (Å²) in [6.07, 6.45) is 1.48. The molecule has 0 saturated heterocycles. The zero-order valence-electron chi connectivity index (χ0n) is 15.2. The highest BCUT2D eigenvalue weighted by molar-refractivity contribution is 9.10. The average molecular weight is 444 g/mol. The fourth-order valence-corrected chi connectivity index (χ4v) is 4.03. The van der Waals surface area contributed by atoms with E-state index < -0.39 is 7.12 Å². The van der Waals surface area contributed by atoms with Crippen molar-refractivity contribution < 1.29 is 14.5 Å². The van der Waals surface area contributed by atoms with Gasteiger partial charge in [-0.1, -0.05) is 46.3 Å². The van der Waals surface area contributed by atoms with Gasteiger partial charge in [-0.25, -0.2) is 0 Å². The Kier molecular flexibility index (Phi) is 4.47. The first-order valence-electron chi connectivity index (χ1n) is 9.13. The van der Waals surface area contributed by atoms with Crippen molar-refractivity contribution in [3.05, 3.63) is 83.5 Å². The molecule has 0 radical (unpaired) electrons. The maximum absolute atomic E-state index is 9.27. The minimum atomic E-state index is -1.52. The number of nitrogens with zero attached hydrogens (tertiary/aromatic N) is 1. The maximum Gasteiger partial charge on any atom is 0.490 e. The lowest BCUT2D eigenvalue weighted by Gasteiger charge is -2.08. The summed E-state index contributed by atoms with van der Waals surface area (Å²) in [6, 6.07) is 23.8. The van der Waals surface area contributed by atoms with E-state index in [1.165, 1.54) is 6.20 Å². The third kappa shape index (κ3) is 3.36. The van der Waals surface area contributed by atoms with Gasteiger partial charge in [-0.05, 0) is 53.6 Å². The summed E-state index contributed by atoms with van der Waals surface area (Å²) in [5.41, 5.74) is 5.93. The molecule has 0 fully saturated rings. The summed E-state index contributed by atoms with van der Waals surface area (Å²) >= 11 is 3.60. The van der Waals surface area contributed by atoms with Crippen molar-refractivity contribution in [3.8, 4) is 22.4 Å². The van der Waals surface area contributed by atoms with Gasteiger partial charge in [0.25, 0.3) is 0 Å². The SMILES string of the molecule is OB(O)c1ccc(-c2cc(Br)cc(-c3ccc4oc5ccccc5c4c3)c2)nc1. The molecule has 0 unspecified atom stereocenters. The monoisotopic (exact) mass is 443 g/mol. The predicted molar refractivity (Wildman–Crippen MR) is 120 cm³/mol. The second-order valence-corrected chi connectivity index (χ2v) is 7.80. The van der Waals surface area contributed by atoms with Gasteiger partial charge in [-0.3, -0.25) is 4.98 Å². The minimum absolute atomic E-state index is 0.362. The van der Waals surface area contributed by atoms with Gasteiger partial charge in [0.2, 0.25) is 0 Å². The predicted octanol–water partition coefficient (Wildman–Crippen LogP) is 4.76. The normalized spacial score (nSPS) is 11.3. The van der Waals surface area contributed by atoms with E-state index in [9.17, 15) is 10.0 Å². The van der Waals surface area contributed by atoms with Gasteiger partial charge in [0, 0.05) is 32.5 Å². The zero-order chi connectivity index (χ0) is 20.0. The lowest BCUT2D eigenvalue weighted by Crippen LogP contribution is -2.29. The Morgan fingerprint density at radius 2 is 1.55 bits per heavy atom. The largest absolute Gasteiger partial charge is 0.490 e. The molecule has 140 valence electrons. The van der Waals surface area contributed by atoms with Crippen molar-refractivity contribution in [1.29, 1.82) is 0 Å². The van der Waals surface area contributed by atoms with E-state index in [-0.39, 0.29) is 0 Å². The van der Waals surface area contributed by atoms with Crippen LogP contribution in [0.15, 0.2) is 87.9 Å². The molecular formula is C23H15BBrNO3.